The number of nitrogens with one attached hydrogen (secondary N) is 1. The summed E-state index contributed by atoms with van der Waals surface area (Å²) in [5.74, 6) is -0.542. The van der Waals surface area contributed by atoms with Gasteiger partial charge in [-0.15, -0.1) is 5.14 Å². The number of benzene rings is 1. The Balaban J connectivity index is 2.69. The van der Waals surface area contributed by atoms with Crippen LogP contribution in [0.2, 0.25) is 0 Å². The van der Waals surface area contributed by atoms with Gasteiger partial charge in [-0.1, -0.05) is 43.7 Å². The highest BCUT2D eigenvalue weighted by atomic mass is 32.2. The lowest BCUT2D eigenvalue weighted by Gasteiger charge is -2.13. The molecule has 0 saturated heterocycles. The number of carbonyl (C=O) groups is 1. The van der Waals surface area contributed by atoms with E-state index in [9.17, 15) is 13.2 Å². The van der Waals surface area contributed by atoms with Crippen LogP contribution in [0.15, 0.2) is 30.3 Å². The lowest BCUT2D eigenvalue weighted by Crippen LogP contribution is -2.32. The van der Waals surface area contributed by atoms with Crippen LogP contribution < -0.4 is 5.14 Å². The Morgan fingerprint density at radius 3 is 2.45 bits per heavy atom. The summed E-state index contributed by atoms with van der Waals surface area (Å²) in [6.07, 6.45) is 1.90. The van der Waals surface area contributed by atoms with Crippen molar-refractivity contribution in [2.45, 2.75) is 31.4 Å². The second kappa shape index (κ2) is 8.14. The van der Waals surface area contributed by atoms with Crippen molar-refractivity contribution in [3.05, 3.63) is 35.9 Å². The molecule has 1 N–H and O–H groups in total. The number of rotatable bonds is 9. The average molecular weight is 298 g/mol. The Hall–Kier alpha value is -1.24. The minimum atomic E-state index is -4.18. The molecule has 0 amide bonds. The molecule has 0 heterocycles. The van der Waals surface area contributed by atoms with Crippen molar-refractivity contribution in [3.63, 3.8) is 0 Å². The van der Waals surface area contributed by atoms with Gasteiger partial charge in [-0.3, -0.25) is 4.79 Å². The lowest BCUT2D eigenvalue weighted by molar-refractivity contribution is 0.0940. The molecule has 0 spiro atoms. The van der Waals surface area contributed by atoms with Gasteiger partial charge in [0.1, 0.15) is 5.25 Å². The molecule has 1 atom stereocenters. The molecule has 5 nitrogen and oxygen atoms in total. The van der Waals surface area contributed by atoms with Crippen LogP contribution in [0.3, 0.4) is 0 Å². The average Bonchev–Trinajstić information content (AvgIpc) is 2.42. The summed E-state index contributed by atoms with van der Waals surface area (Å²) < 4.78 is 28.2. The number of hydrogen-bond donors (Lipinski definition) is 0. The van der Waals surface area contributed by atoms with Crippen molar-refractivity contribution < 1.29 is 17.9 Å². The van der Waals surface area contributed by atoms with Gasteiger partial charge in [0.25, 0.3) is 0 Å². The van der Waals surface area contributed by atoms with E-state index in [1.54, 1.807) is 30.3 Å². The number of unbranched alkanes of at least 4 members (excludes halogenated alkanes) is 1. The Bertz CT molecular complexity index is 513. The molecule has 0 saturated carbocycles. The quantitative estimate of drug-likeness (QED) is 0.516. The molecular weight excluding hydrogens is 278 g/mol. The summed E-state index contributed by atoms with van der Waals surface area (Å²) in [5, 5.41) is 5.83. The molecule has 1 rings (SSSR count). The number of sulfonamides is 1. The molecule has 1 unspecified atom stereocenters. The van der Waals surface area contributed by atoms with Gasteiger partial charge in [0.2, 0.25) is 10.0 Å². The maximum Gasteiger partial charge on any atom is 0.235 e. The second-order valence-corrected chi connectivity index (χ2v) is 6.18. The molecule has 0 aliphatic rings. The Kier molecular flexibility index (Phi) is 6.84. The van der Waals surface area contributed by atoms with Gasteiger partial charge >= 0.3 is 0 Å². The molecule has 1 aromatic carbocycles. The summed E-state index contributed by atoms with van der Waals surface area (Å²) in [6.45, 7) is 2.74. The van der Waals surface area contributed by atoms with Gasteiger partial charge in [0.15, 0.2) is 5.78 Å². The standard InChI is InChI=1S/C14H20NO4S/c1-2-3-10-19-11-9-13(20(15,17)18)14(16)12-7-5-4-6-8-12/h4-8,13,15H,2-3,9-11H2,1H3. The zero-order chi connectivity index (χ0) is 15.0. The zero-order valence-corrected chi connectivity index (χ0v) is 12.4. The van der Waals surface area contributed by atoms with Crippen LogP contribution in [0.4, 0.5) is 0 Å². The third-order valence-electron chi connectivity index (χ3n) is 2.89. The van der Waals surface area contributed by atoms with E-state index >= 15 is 0 Å². The monoisotopic (exact) mass is 298 g/mol. The Morgan fingerprint density at radius 1 is 1.25 bits per heavy atom. The first-order chi connectivity index (χ1) is 9.46. The number of hydrogen-bond acceptors (Lipinski definition) is 4. The molecule has 0 aliphatic heterocycles. The van der Waals surface area contributed by atoms with Crippen molar-refractivity contribution in [2.75, 3.05) is 13.2 Å². The summed E-state index contributed by atoms with van der Waals surface area (Å²) in [4.78, 5) is 12.2. The SMILES string of the molecule is CCCCOCCC(C(=O)c1ccccc1)S([NH])(=O)=O. The van der Waals surface area contributed by atoms with Crippen LogP contribution in [0.1, 0.15) is 36.5 Å². The van der Waals surface area contributed by atoms with Gasteiger partial charge in [-0.25, -0.2) is 8.42 Å². The third-order valence-corrected chi connectivity index (χ3v) is 4.09. The second-order valence-electron chi connectivity index (χ2n) is 4.52. The fourth-order valence-corrected chi connectivity index (χ4v) is 2.58. The molecule has 0 fully saturated rings. The molecule has 6 heteroatoms. The van der Waals surface area contributed by atoms with E-state index in [1.165, 1.54) is 0 Å². The maximum absolute atomic E-state index is 12.2. The molecule has 20 heavy (non-hydrogen) atoms. The van der Waals surface area contributed by atoms with Gasteiger partial charge in [-0.2, -0.15) is 0 Å². The molecule has 1 aromatic rings. The van der Waals surface area contributed by atoms with Crippen molar-refractivity contribution in [1.82, 2.24) is 5.14 Å². The smallest absolute Gasteiger partial charge is 0.235 e. The minimum Gasteiger partial charge on any atom is -0.381 e. The van der Waals surface area contributed by atoms with Crippen molar-refractivity contribution in [2.24, 2.45) is 0 Å². The highest BCUT2D eigenvalue weighted by Gasteiger charge is 2.30. The van der Waals surface area contributed by atoms with E-state index in [0.29, 0.717) is 12.2 Å². The fourth-order valence-electron chi connectivity index (χ4n) is 1.75. The topological polar surface area (TPSA) is 84.2 Å². The van der Waals surface area contributed by atoms with Gasteiger partial charge in [-0.05, 0) is 12.8 Å². The Morgan fingerprint density at radius 2 is 1.90 bits per heavy atom. The zero-order valence-electron chi connectivity index (χ0n) is 11.5. The highest BCUT2D eigenvalue weighted by Crippen LogP contribution is 2.13. The number of Topliss-reactive ketones (excluding diaryl/α,β-unsaturated/α-hetero) is 1. The van der Waals surface area contributed by atoms with E-state index < -0.39 is 21.1 Å². The van der Waals surface area contributed by atoms with Crippen LogP contribution in [0.5, 0.6) is 0 Å². The van der Waals surface area contributed by atoms with E-state index in [-0.39, 0.29) is 13.0 Å². The van der Waals surface area contributed by atoms with E-state index in [4.69, 9.17) is 9.88 Å². The summed E-state index contributed by atoms with van der Waals surface area (Å²) in [6, 6.07) is 8.18. The summed E-state index contributed by atoms with van der Waals surface area (Å²) >= 11 is 0. The summed E-state index contributed by atoms with van der Waals surface area (Å²) in [5.41, 5.74) is 0.307. The van der Waals surface area contributed by atoms with Gasteiger partial charge in [0, 0.05) is 18.8 Å². The normalized spacial score (nSPS) is 13.1. The van der Waals surface area contributed by atoms with Crippen LogP contribution in [-0.2, 0) is 14.8 Å². The minimum absolute atomic E-state index is 0.0171. The molecule has 0 aliphatic carbocycles. The van der Waals surface area contributed by atoms with Crippen LogP contribution in [-0.4, -0.2) is 32.7 Å². The lowest BCUT2D eigenvalue weighted by atomic mass is 10.1. The maximum atomic E-state index is 12.2. The predicted octanol–water partition coefficient (Wildman–Crippen LogP) is 2.06. The van der Waals surface area contributed by atoms with Gasteiger partial charge in [0.05, 0.1) is 0 Å². The fraction of sp³-hybridized carbons (Fsp3) is 0.500. The molecule has 1 radical (unpaired) electrons. The van der Waals surface area contributed by atoms with Crippen molar-refractivity contribution >= 4 is 15.8 Å². The van der Waals surface area contributed by atoms with Crippen LogP contribution >= 0.6 is 0 Å². The molecular formula is C14H20NO4S. The molecule has 111 valence electrons. The first kappa shape index (κ1) is 16.8. The third kappa shape index (κ3) is 5.40. The van der Waals surface area contributed by atoms with E-state index in [0.717, 1.165) is 12.8 Å². The van der Waals surface area contributed by atoms with Crippen molar-refractivity contribution in [1.29, 1.82) is 0 Å². The number of carbonyl (C=O) groups excluding carboxylic acids is 1. The molecule has 0 aromatic heterocycles. The van der Waals surface area contributed by atoms with Crippen molar-refractivity contribution in [3.8, 4) is 0 Å². The summed E-state index contributed by atoms with van der Waals surface area (Å²) in [7, 11) is -4.18. The first-order valence-corrected chi connectivity index (χ1v) is 8.17. The highest BCUT2D eigenvalue weighted by molar-refractivity contribution is 7.90. The van der Waals surface area contributed by atoms with E-state index in [1.807, 2.05) is 6.92 Å². The Labute approximate surface area is 120 Å². The molecule has 0 bridgehead atoms. The number of ketones is 1. The predicted molar refractivity (Wildman–Crippen MR) is 76.9 cm³/mol. The van der Waals surface area contributed by atoms with Crippen LogP contribution in [0, 0.1) is 0 Å². The van der Waals surface area contributed by atoms with E-state index in [2.05, 4.69) is 0 Å². The first-order valence-electron chi connectivity index (χ1n) is 6.62. The largest absolute Gasteiger partial charge is 0.381 e. The van der Waals surface area contributed by atoms with Gasteiger partial charge < -0.3 is 4.74 Å². The van der Waals surface area contributed by atoms with Crippen LogP contribution in [0.25, 0.3) is 0 Å². The number of ether oxygens (including phenoxy) is 1.